The lowest BCUT2D eigenvalue weighted by molar-refractivity contribution is 0.153. The molecule has 0 N–H and O–H groups in total. The van der Waals surface area contributed by atoms with Crippen molar-refractivity contribution in [3.05, 3.63) is 60.8 Å². The minimum absolute atomic E-state index is 0.978. The van der Waals surface area contributed by atoms with Crippen molar-refractivity contribution < 1.29 is 0 Å². The molecule has 0 unspecified atom stereocenters. The molecule has 206 valence electrons. The second kappa shape index (κ2) is 10.4. The third kappa shape index (κ3) is 4.47. The van der Waals surface area contributed by atoms with Gasteiger partial charge >= 0.3 is 0 Å². The van der Waals surface area contributed by atoms with Crippen molar-refractivity contribution in [1.82, 2.24) is 24.3 Å². The number of piperazine rings is 1. The Morgan fingerprint density at radius 1 is 0.850 bits per heavy atom. The number of fused-ring (bicyclic) bond motifs is 5. The van der Waals surface area contributed by atoms with Crippen molar-refractivity contribution in [2.45, 2.75) is 19.4 Å². The predicted octanol–water partition coefficient (Wildman–Crippen LogP) is 5.32. The minimum atomic E-state index is 0.978. The van der Waals surface area contributed by atoms with Crippen molar-refractivity contribution >= 4 is 44.2 Å². The van der Waals surface area contributed by atoms with Gasteiger partial charge in [-0.25, -0.2) is 4.98 Å². The SMILES string of the molecule is CN1CCN(CCCN2CCCn3c4ccccc4c4nc5cc(-c6ccc(N(C)C)cn6)ccc5c2c43)CC1. The number of pyridine rings is 2. The number of likely N-dealkylation sites (N-methyl/N-ethyl adjacent to an activating group) is 1. The first-order chi connectivity index (χ1) is 19.6. The fourth-order valence-corrected chi connectivity index (χ4v) is 6.56. The summed E-state index contributed by atoms with van der Waals surface area (Å²) in [4.78, 5) is 19.9. The third-order valence-electron chi connectivity index (χ3n) is 8.84. The largest absolute Gasteiger partial charge is 0.376 e. The smallest absolute Gasteiger partial charge is 0.0988 e. The number of rotatable bonds is 6. The van der Waals surface area contributed by atoms with E-state index in [-0.39, 0.29) is 0 Å². The van der Waals surface area contributed by atoms with E-state index in [2.05, 4.69) is 85.8 Å². The molecular weight excluding hydrogens is 494 g/mol. The summed E-state index contributed by atoms with van der Waals surface area (Å²) in [5, 5.41) is 2.49. The molecule has 0 amide bonds. The number of nitrogens with zero attached hydrogens (tertiary/aromatic N) is 7. The van der Waals surface area contributed by atoms with Crippen molar-refractivity contribution in [2.24, 2.45) is 0 Å². The van der Waals surface area contributed by atoms with E-state index in [1.807, 2.05) is 20.3 Å². The van der Waals surface area contributed by atoms with Crippen molar-refractivity contribution in [3.8, 4) is 11.3 Å². The molecule has 3 aromatic heterocycles. The number of aromatic nitrogens is 3. The topological polar surface area (TPSA) is 43.7 Å². The van der Waals surface area contributed by atoms with Crippen molar-refractivity contribution in [2.75, 3.05) is 76.8 Å². The van der Waals surface area contributed by atoms with E-state index in [1.165, 1.54) is 60.1 Å². The van der Waals surface area contributed by atoms with E-state index >= 15 is 0 Å². The van der Waals surface area contributed by atoms with Crippen molar-refractivity contribution in [3.63, 3.8) is 0 Å². The fraction of sp³-hybridized carbons (Fsp3) is 0.394. The van der Waals surface area contributed by atoms with Crippen LogP contribution in [-0.2, 0) is 6.54 Å². The Morgan fingerprint density at radius 2 is 1.70 bits per heavy atom. The van der Waals surface area contributed by atoms with E-state index in [9.17, 15) is 0 Å². The molecule has 0 radical (unpaired) electrons. The summed E-state index contributed by atoms with van der Waals surface area (Å²) in [6.07, 6.45) is 4.26. The molecule has 7 heteroatoms. The maximum absolute atomic E-state index is 5.34. The summed E-state index contributed by atoms with van der Waals surface area (Å²) < 4.78 is 2.53. The monoisotopic (exact) mass is 533 g/mol. The van der Waals surface area contributed by atoms with Gasteiger partial charge in [-0.2, -0.15) is 0 Å². The zero-order chi connectivity index (χ0) is 27.2. The molecule has 0 spiro atoms. The Kier molecular flexibility index (Phi) is 6.56. The van der Waals surface area contributed by atoms with Crippen LogP contribution in [0.15, 0.2) is 60.8 Å². The van der Waals surface area contributed by atoms with E-state index in [0.717, 1.165) is 60.6 Å². The summed E-state index contributed by atoms with van der Waals surface area (Å²) in [6.45, 7) is 9.04. The quantitative estimate of drug-likeness (QED) is 0.294. The Morgan fingerprint density at radius 3 is 2.50 bits per heavy atom. The molecule has 2 aliphatic heterocycles. The lowest BCUT2D eigenvalue weighted by Gasteiger charge is -2.33. The van der Waals surface area contributed by atoms with Gasteiger partial charge in [0.25, 0.3) is 0 Å². The Bertz CT molecular complexity index is 1660. The van der Waals surface area contributed by atoms with Crippen LogP contribution in [0.25, 0.3) is 44.1 Å². The molecule has 7 rings (SSSR count). The van der Waals surface area contributed by atoms with Crippen LogP contribution >= 0.6 is 0 Å². The number of anilines is 2. The zero-order valence-electron chi connectivity index (χ0n) is 24.0. The first kappa shape index (κ1) is 25.3. The molecule has 40 heavy (non-hydrogen) atoms. The molecule has 5 aromatic rings. The molecule has 2 aromatic carbocycles. The maximum Gasteiger partial charge on any atom is 0.0988 e. The first-order valence-corrected chi connectivity index (χ1v) is 14.7. The molecule has 0 bridgehead atoms. The number of benzene rings is 2. The van der Waals surface area contributed by atoms with Gasteiger partial charge in [-0.05, 0) is 56.8 Å². The molecule has 5 heterocycles. The zero-order valence-corrected chi connectivity index (χ0v) is 24.0. The van der Waals surface area contributed by atoms with Crippen LogP contribution < -0.4 is 9.80 Å². The van der Waals surface area contributed by atoms with Crippen LogP contribution in [0.5, 0.6) is 0 Å². The molecule has 0 saturated carbocycles. The lowest BCUT2D eigenvalue weighted by atomic mass is 10.0. The standard InChI is InChI=1S/C33H39N7/c1-36(2)25-11-13-28(34-23-25)24-10-12-26-29(22-24)35-31-27-8-4-5-9-30(27)40-17-7-16-39(32(26)33(31)40)15-6-14-38-20-18-37(3)19-21-38/h4-5,8-13,22-23H,6-7,14-21H2,1-3H3. The normalized spacial score (nSPS) is 16.7. The van der Waals surface area contributed by atoms with Crippen molar-refractivity contribution in [1.29, 1.82) is 0 Å². The summed E-state index contributed by atoms with van der Waals surface area (Å²) in [6, 6.07) is 19.8. The van der Waals surface area contributed by atoms with Crippen LogP contribution in [0.2, 0.25) is 0 Å². The molecular formula is C33H39N7. The highest BCUT2D eigenvalue weighted by molar-refractivity contribution is 6.17. The molecule has 1 fully saturated rings. The van der Waals surface area contributed by atoms with Crippen LogP contribution in [0.1, 0.15) is 12.8 Å². The fourth-order valence-electron chi connectivity index (χ4n) is 6.56. The molecule has 0 atom stereocenters. The summed E-state index contributed by atoms with van der Waals surface area (Å²) in [5.41, 5.74) is 9.31. The number of hydrogen-bond donors (Lipinski definition) is 0. The molecule has 2 aliphatic rings. The van der Waals surface area contributed by atoms with E-state index in [4.69, 9.17) is 9.97 Å². The van der Waals surface area contributed by atoms with Gasteiger partial charge < -0.3 is 24.2 Å². The Hall–Kier alpha value is -3.68. The maximum atomic E-state index is 5.34. The first-order valence-electron chi connectivity index (χ1n) is 14.7. The molecule has 7 nitrogen and oxygen atoms in total. The number of hydrogen-bond acceptors (Lipinski definition) is 6. The van der Waals surface area contributed by atoms with Gasteiger partial charge in [-0.15, -0.1) is 0 Å². The average molecular weight is 534 g/mol. The van der Waals surface area contributed by atoms with Gasteiger partial charge in [0, 0.05) is 76.2 Å². The van der Waals surface area contributed by atoms with Crippen LogP contribution in [0.3, 0.4) is 0 Å². The van der Waals surface area contributed by atoms with E-state index < -0.39 is 0 Å². The third-order valence-corrected chi connectivity index (χ3v) is 8.84. The number of para-hydroxylation sites is 1. The van der Waals surface area contributed by atoms with Gasteiger partial charge in [0.15, 0.2) is 0 Å². The highest BCUT2D eigenvalue weighted by atomic mass is 15.2. The summed E-state index contributed by atoms with van der Waals surface area (Å²) in [7, 11) is 6.32. The second-order valence-electron chi connectivity index (χ2n) is 11.7. The van der Waals surface area contributed by atoms with E-state index in [0.29, 0.717) is 0 Å². The number of aryl methyl sites for hydroxylation is 1. The van der Waals surface area contributed by atoms with E-state index in [1.54, 1.807) is 0 Å². The Balaban J connectivity index is 1.32. The highest BCUT2D eigenvalue weighted by Crippen LogP contribution is 2.41. The minimum Gasteiger partial charge on any atom is -0.376 e. The van der Waals surface area contributed by atoms with Gasteiger partial charge in [0.05, 0.1) is 45.3 Å². The molecule has 0 aliphatic carbocycles. The lowest BCUT2D eigenvalue weighted by Crippen LogP contribution is -2.45. The average Bonchev–Trinajstić information content (AvgIpc) is 3.15. The molecule has 1 saturated heterocycles. The highest BCUT2D eigenvalue weighted by Gasteiger charge is 2.25. The predicted molar refractivity (Wildman–Crippen MR) is 168 cm³/mol. The summed E-state index contributed by atoms with van der Waals surface area (Å²) in [5.74, 6) is 0. The second-order valence-corrected chi connectivity index (χ2v) is 11.7. The van der Waals surface area contributed by atoms with Gasteiger partial charge in [0.2, 0.25) is 0 Å². The summed E-state index contributed by atoms with van der Waals surface area (Å²) >= 11 is 0. The van der Waals surface area contributed by atoms with Gasteiger partial charge in [-0.3, -0.25) is 4.98 Å². The van der Waals surface area contributed by atoms with Gasteiger partial charge in [-0.1, -0.05) is 24.3 Å². The van der Waals surface area contributed by atoms with Crippen LogP contribution in [0, 0.1) is 0 Å². The van der Waals surface area contributed by atoms with Gasteiger partial charge in [0.1, 0.15) is 0 Å². The van der Waals surface area contributed by atoms with Crippen LogP contribution in [-0.4, -0.2) is 91.3 Å². The Labute approximate surface area is 236 Å². The van der Waals surface area contributed by atoms with Crippen LogP contribution in [0.4, 0.5) is 11.4 Å².